The highest BCUT2D eigenvalue weighted by Crippen LogP contribution is 2.33. The van der Waals surface area contributed by atoms with Crippen LogP contribution in [0.3, 0.4) is 0 Å². The highest BCUT2D eigenvalue weighted by atomic mass is 127. The van der Waals surface area contributed by atoms with Gasteiger partial charge in [0.1, 0.15) is 29.5 Å². The Bertz CT molecular complexity index is 1360. The molecule has 40 heavy (non-hydrogen) atoms. The first-order valence-electron chi connectivity index (χ1n) is 12.1. The summed E-state index contributed by atoms with van der Waals surface area (Å²) < 4.78 is 16.9. The van der Waals surface area contributed by atoms with Crippen LogP contribution in [-0.4, -0.2) is 59.8 Å². The van der Waals surface area contributed by atoms with Crippen molar-refractivity contribution < 1.29 is 19.0 Å². The molecule has 0 bridgehead atoms. The predicted molar refractivity (Wildman–Crippen MR) is 173 cm³/mol. The van der Waals surface area contributed by atoms with E-state index in [1.165, 1.54) is 6.33 Å². The predicted octanol–water partition coefficient (Wildman–Crippen LogP) is 5.86. The minimum atomic E-state index is -0.137. The van der Waals surface area contributed by atoms with E-state index in [1.807, 2.05) is 21.2 Å². The second kappa shape index (κ2) is 15.1. The number of hydrogen-bond donors (Lipinski definition) is 4. The third-order valence-corrected chi connectivity index (χ3v) is 6.48. The van der Waals surface area contributed by atoms with Crippen LogP contribution in [-0.2, 0) is 4.79 Å². The number of thiol groups is 1. The molecule has 0 spiro atoms. The fourth-order valence-corrected chi connectivity index (χ4v) is 4.50. The van der Waals surface area contributed by atoms with Crippen molar-refractivity contribution in [3.8, 4) is 23.0 Å². The van der Waals surface area contributed by atoms with Crippen molar-refractivity contribution in [2.24, 2.45) is 0 Å². The van der Waals surface area contributed by atoms with Crippen LogP contribution in [0.5, 0.6) is 23.0 Å². The monoisotopic (exact) mass is 740 g/mol. The lowest BCUT2D eigenvalue weighted by atomic mass is 10.0. The molecule has 0 aliphatic carbocycles. The lowest BCUT2D eigenvalue weighted by Crippen LogP contribution is -2.45. The van der Waals surface area contributed by atoms with E-state index in [0.717, 1.165) is 12.8 Å². The molecular formula is C27H30BrIN6O4S. The molecule has 1 atom stereocenters. The molecule has 1 aromatic heterocycles. The number of nitrogens with zero attached hydrogens (tertiary/aromatic N) is 3. The largest absolute Gasteiger partial charge is 0.493 e. The summed E-state index contributed by atoms with van der Waals surface area (Å²) in [5.41, 5.74) is 7.38. The summed E-state index contributed by atoms with van der Waals surface area (Å²) in [6.07, 6.45) is 3.04. The maximum absolute atomic E-state index is 12.4. The van der Waals surface area contributed by atoms with Gasteiger partial charge in [-0.25, -0.2) is 9.97 Å². The number of amides is 1. The Morgan fingerprint density at radius 3 is 2.48 bits per heavy atom. The SMILES string of the molecule is C=C(Br)C(=O)N1CCCC(Nc2ncnc(N)c2C(=N)c2ccc(Oc3ccc(OC)c(OC)c3)cc2)C1.SI. The Balaban J connectivity index is 0.00000216. The number of aromatic nitrogens is 2. The van der Waals surface area contributed by atoms with Crippen molar-refractivity contribution in [3.63, 3.8) is 0 Å². The maximum atomic E-state index is 12.4. The summed E-state index contributed by atoms with van der Waals surface area (Å²) in [6.45, 7) is 4.84. The molecule has 0 radical (unpaired) electrons. The Morgan fingerprint density at radius 2 is 1.82 bits per heavy atom. The highest BCUT2D eigenvalue weighted by Gasteiger charge is 2.26. The third kappa shape index (κ3) is 7.79. The van der Waals surface area contributed by atoms with E-state index in [9.17, 15) is 4.79 Å². The molecular weight excluding hydrogens is 711 g/mol. The number of hydrogen-bond acceptors (Lipinski definition) is 10. The first kappa shape index (κ1) is 31.5. The van der Waals surface area contributed by atoms with Gasteiger partial charge in [0, 0.05) is 30.8 Å². The number of nitrogens with two attached hydrogens (primary N) is 1. The smallest absolute Gasteiger partial charge is 0.260 e. The van der Waals surface area contributed by atoms with Gasteiger partial charge in [-0.3, -0.25) is 10.2 Å². The number of anilines is 2. The molecule has 212 valence electrons. The Kier molecular flexibility index (Phi) is 11.9. The van der Waals surface area contributed by atoms with Gasteiger partial charge >= 0.3 is 0 Å². The molecule has 2 aromatic carbocycles. The Labute approximate surface area is 259 Å². The molecule has 10 nitrogen and oxygen atoms in total. The van der Waals surface area contributed by atoms with Crippen LogP contribution in [0.1, 0.15) is 24.0 Å². The average Bonchev–Trinajstić information content (AvgIpc) is 2.98. The molecule has 4 rings (SSSR count). The molecule has 0 saturated carbocycles. The number of likely N-dealkylation sites (tertiary alicyclic amines) is 1. The summed E-state index contributed by atoms with van der Waals surface area (Å²) in [5, 5.41) is 12.2. The number of carbonyl (C=O) groups excluding carboxylic acids is 1. The number of carbonyl (C=O) groups is 1. The molecule has 4 N–H and O–H groups in total. The maximum Gasteiger partial charge on any atom is 0.260 e. The highest BCUT2D eigenvalue weighted by molar-refractivity contribution is 14.2. The molecule has 1 fully saturated rings. The zero-order valence-corrected chi connectivity index (χ0v) is 26.6. The van der Waals surface area contributed by atoms with E-state index >= 15 is 0 Å². The van der Waals surface area contributed by atoms with Gasteiger partial charge < -0.3 is 30.2 Å². The molecule has 1 amide bonds. The van der Waals surface area contributed by atoms with Crippen molar-refractivity contribution in [3.05, 3.63) is 71.0 Å². The zero-order chi connectivity index (χ0) is 29.2. The first-order chi connectivity index (χ1) is 19.3. The first-order valence-corrected chi connectivity index (χ1v) is 16.1. The second-order valence-corrected chi connectivity index (χ2v) is 9.60. The lowest BCUT2D eigenvalue weighted by Gasteiger charge is -2.33. The van der Waals surface area contributed by atoms with Gasteiger partial charge in [-0.05, 0) is 86.4 Å². The fourth-order valence-electron chi connectivity index (χ4n) is 4.25. The number of nitrogen functional groups attached to an aromatic ring is 1. The molecule has 2 heterocycles. The quantitative estimate of drug-likeness (QED) is 0.0928. The van der Waals surface area contributed by atoms with Crippen LogP contribution in [0.4, 0.5) is 11.6 Å². The van der Waals surface area contributed by atoms with E-state index in [-0.39, 0.29) is 23.5 Å². The van der Waals surface area contributed by atoms with Gasteiger partial charge in [-0.1, -0.05) is 6.58 Å². The molecule has 1 saturated heterocycles. The van der Waals surface area contributed by atoms with Crippen molar-refractivity contribution in [2.45, 2.75) is 18.9 Å². The Hall–Kier alpha value is -3.04. The second-order valence-electron chi connectivity index (χ2n) is 8.64. The van der Waals surface area contributed by atoms with Gasteiger partial charge in [-0.15, -0.1) is 9.80 Å². The van der Waals surface area contributed by atoms with Crippen LogP contribution in [0.15, 0.2) is 59.9 Å². The molecule has 1 unspecified atom stereocenters. The van der Waals surface area contributed by atoms with Gasteiger partial charge in [0.05, 0.1) is 30.0 Å². The lowest BCUT2D eigenvalue weighted by molar-refractivity contribution is -0.127. The third-order valence-electron chi connectivity index (χ3n) is 6.14. The average molecular weight is 741 g/mol. The number of methoxy groups -OCH3 is 2. The van der Waals surface area contributed by atoms with Crippen LogP contribution >= 0.6 is 46.9 Å². The minimum Gasteiger partial charge on any atom is -0.493 e. The van der Waals surface area contributed by atoms with Gasteiger partial charge in [0.15, 0.2) is 11.5 Å². The van der Waals surface area contributed by atoms with Crippen molar-refractivity contribution in [1.82, 2.24) is 14.9 Å². The van der Waals surface area contributed by atoms with Crippen molar-refractivity contribution in [2.75, 3.05) is 38.4 Å². The van der Waals surface area contributed by atoms with Crippen LogP contribution in [0, 0.1) is 5.41 Å². The van der Waals surface area contributed by atoms with Gasteiger partial charge in [0.2, 0.25) is 0 Å². The van der Waals surface area contributed by atoms with E-state index in [1.54, 1.807) is 61.6 Å². The standard InChI is InChI=1S/C27H29BrN6O4.HIS/c1-16(28)27(35)34-12-4-5-18(14-34)33-26-23(25(30)31-15-32-26)24(29)17-6-8-19(9-7-17)38-20-10-11-21(36-2)22(13-20)37-3;1-2/h6-11,13,15,18,29H,1,4-5,12,14H2,2-3H3,(H3,30,31,32,33);2H. The van der Waals surface area contributed by atoms with Crippen molar-refractivity contribution >= 4 is 70.2 Å². The minimum absolute atomic E-state index is 0.0577. The zero-order valence-electron chi connectivity index (χ0n) is 22.0. The van der Waals surface area contributed by atoms with Crippen LogP contribution in [0.25, 0.3) is 0 Å². The summed E-state index contributed by atoms with van der Waals surface area (Å²) >= 11 is 5.02. The number of benzene rings is 2. The Morgan fingerprint density at radius 1 is 1.15 bits per heavy atom. The van der Waals surface area contributed by atoms with E-state index in [4.69, 9.17) is 25.4 Å². The molecule has 13 heteroatoms. The topological polar surface area (TPSA) is 136 Å². The van der Waals surface area contributed by atoms with Gasteiger partial charge in [-0.2, -0.15) is 0 Å². The van der Waals surface area contributed by atoms with E-state index < -0.39 is 0 Å². The molecule has 3 aromatic rings. The normalized spacial score (nSPS) is 14.3. The summed E-state index contributed by atoms with van der Waals surface area (Å²) in [5.74, 6) is 2.84. The summed E-state index contributed by atoms with van der Waals surface area (Å²) in [4.78, 5) is 22.6. The number of ether oxygens (including phenoxy) is 3. The number of piperidine rings is 1. The van der Waals surface area contributed by atoms with Crippen molar-refractivity contribution in [1.29, 1.82) is 5.41 Å². The fraction of sp³-hybridized carbons (Fsp3) is 0.259. The summed E-state index contributed by atoms with van der Waals surface area (Å²) in [7, 11) is 6.64. The van der Waals surface area contributed by atoms with Crippen LogP contribution in [0.2, 0.25) is 0 Å². The summed E-state index contributed by atoms with van der Waals surface area (Å²) in [6, 6.07) is 12.3. The van der Waals surface area contributed by atoms with E-state index in [0.29, 0.717) is 57.5 Å². The molecule has 1 aliphatic heterocycles. The number of nitrogens with one attached hydrogen (secondary N) is 2. The molecule has 1 aliphatic rings. The number of halogens is 2. The van der Waals surface area contributed by atoms with Crippen LogP contribution < -0.4 is 25.3 Å². The number of rotatable bonds is 9. The van der Waals surface area contributed by atoms with E-state index in [2.05, 4.69) is 47.6 Å². The van der Waals surface area contributed by atoms with Gasteiger partial charge in [0.25, 0.3) is 5.91 Å².